The minimum atomic E-state index is -0.448. The molecule has 3 heterocycles. The van der Waals surface area contributed by atoms with Crippen LogP contribution in [0.5, 0.6) is 0 Å². The van der Waals surface area contributed by atoms with Crippen molar-refractivity contribution in [3.8, 4) is 0 Å². The third-order valence-corrected chi connectivity index (χ3v) is 8.39. The molecule has 3 fully saturated rings. The van der Waals surface area contributed by atoms with Crippen LogP contribution in [-0.2, 0) is 16.1 Å². The van der Waals surface area contributed by atoms with E-state index >= 15 is 0 Å². The maximum atomic E-state index is 13.9. The van der Waals surface area contributed by atoms with E-state index in [1.807, 2.05) is 41.0 Å². The highest BCUT2D eigenvalue weighted by Crippen LogP contribution is 2.29. The molecule has 7 heteroatoms. The summed E-state index contributed by atoms with van der Waals surface area (Å²) in [6, 6.07) is 15.9. The zero-order valence-corrected chi connectivity index (χ0v) is 22.9. The second kappa shape index (κ2) is 12.4. The molecule has 1 N–H and O–H groups in total. The quantitative estimate of drug-likeness (QED) is 0.609. The Morgan fingerprint density at radius 3 is 2.61 bits per heavy atom. The largest absolute Gasteiger partial charge is 0.377 e. The lowest BCUT2D eigenvalue weighted by Gasteiger charge is -2.31. The fourth-order valence-electron chi connectivity index (χ4n) is 6.07. The number of amides is 2. The average molecular weight is 519 g/mol. The number of nitrogens with zero attached hydrogens (tertiary/aromatic N) is 3. The molecule has 3 atom stereocenters. The van der Waals surface area contributed by atoms with Gasteiger partial charge in [0.25, 0.3) is 5.91 Å². The van der Waals surface area contributed by atoms with E-state index in [-0.39, 0.29) is 24.0 Å². The number of carbonyl (C=O) groups excluding carboxylic acids is 2. The second-order valence-electron chi connectivity index (χ2n) is 11.1. The van der Waals surface area contributed by atoms with E-state index in [4.69, 9.17) is 4.74 Å². The molecule has 0 spiro atoms. The van der Waals surface area contributed by atoms with Crippen LogP contribution in [0.3, 0.4) is 0 Å². The summed E-state index contributed by atoms with van der Waals surface area (Å²) in [5.41, 5.74) is 4.32. The Morgan fingerprint density at radius 2 is 1.84 bits per heavy atom. The fourth-order valence-corrected chi connectivity index (χ4v) is 6.07. The molecule has 2 aromatic carbocycles. The molecule has 0 bridgehead atoms. The SMILES string of the molecule is Cc1ccc(C(=O)N2CC(N(Cc3ccccc3C)CC3CCCO3)CC2C(=O)N2CCCNCC2)cc1. The van der Waals surface area contributed by atoms with Crippen LogP contribution in [0.15, 0.2) is 48.5 Å². The summed E-state index contributed by atoms with van der Waals surface area (Å²) in [5.74, 6) is 0.0383. The molecule has 2 aromatic rings. The standard InChI is InChI=1S/C31H42N4O3/c1-23-10-12-25(13-11-23)30(36)35-21-27(19-29(35)31(37)33-16-6-14-32-15-17-33)34(22-28-9-5-18-38-28)20-26-8-4-3-7-24(26)2/h3-4,7-8,10-13,27-29,32H,5-6,9,14-22H2,1-2H3. The number of likely N-dealkylation sites (tertiary alicyclic amines) is 1. The van der Waals surface area contributed by atoms with E-state index in [1.165, 1.54) is 11.1 Å². The smallest absolute Gasteiger partial charge is 0.254 e. The molecule has 2 amide bonds. The van der Waals surface area contributed by atoms with E-state index < -0.39 is 6.04 Å². The van der Waals surface area contributed by atoms with Crippen molar-refractivity contribution in [2.24, 2.45) is 0 Å². The molecule has 0 saturated carbocycles. The topological polar surface area (TPSA) is 65.1 Å². The van der Waals surface area contributed by atoms with Crippen molar-refractivity contribution in [1.29, 1.82) is 0 Å². The van der Waals surface area contributed by atoms with Gasteiger partial charge < -0.3 is 19.9 Å². The predicted octanol–water partition coefficient (Wildman–Crippen LogP) is 3.39. The van der Waals surface area contributed by atoms with Crippen molar-refractivity contribution < 1.29 is 14.3 Å². The summed E-state index contributed by atoms with van der Waals surface area (Å²) in [6.45, 7) is 10.3. The predicted molar refractivity (Wildman–Crippen MR) is 149 cm³/mol. The molecule has 3 aliphatic heterocycles. The van der Waals surface area contributed by atoms with E-state index in [0.29, 0.717) is 25.1 Å². The van der Waals surface area contributed by atoms with Crippen LogP contribution >= 0.6 is 0 Å². The van der Waals surface area contributed by atoms with Crippen molar-refractivity contribution in [3.63, 3.8) is 0 Å². The molecule has 0 aromatic heterocycles. The highest BCUT2D eigenvalue weighted by atomic mass is 16.5. The molecule has 0 radical (unpaired) electrons. The molecule has 3 saturated heterocycles. The number of hydrogen-bond donors (Lipinski definition) is 1. The molecule has 38 heavy (non-hydrogen) atoms. The summed E-state index contributed by atoms with van der Waals surface area (Å²) < 4.78 is 6.04. The Morgan fingerprint density at radius 1 is 1.03 bits per heavy atom. The number of hydrogen-bond acceptors (Lipinski definition) is 5. The van der Waals surface area contributed by atoms with Gasteiger partial charge in [-0.25, -0.2) is 0 Å². The first-order valence-electron chi connectivity index (χ1n) is 14.3. The van der Waals surface area contributed by atoms with Gasteiger partial charge >= 0.3 is 0 Å². The van der Waals surface area contributed by atoms with Crippen molar-refractivity contribution in [3.05, 3.63) is 70.8 Å². The molecule has 0 aliphatic carbocycles. The third-order valence-electron chi connectivity index (χ3n) is 8.39. The maximum absolute atomic E-state index is 13.9. The lowest BCUT2D eigenvalue weighted by atomic mass is 10.0. The number of nitrogens with one attached hydrogen (secondary N) is 1. The second-order valence-corrected chi connectivity index (χ2v) is 11.1. The van der Waals surface area contributed by atoms with Crippen LogP contribution in [0.25, 0.3) is 0 Å². The molecule has 3 aliphatic rings. The Hall–Kier alpha value is -2.74. The minimum absolute atomic E-state index is 0.0493. The Balaban J connectivity index is 1.42. The molecule has 7 nitrogen and oxygen atoms in total. The van der Waals surface area contributed by atoms with E-state index in [2.05, 4.69) is 41.4 Å². The number of benzene rings is 2. The highest BCUT2D eigenvalue weighted by Gasteiger charge is 2.44. The first kappa shape index (κ1) is 26.9. The van der Waals surface area contributed by atoms with Gasteiger partial charge in [0.15, 0.2) is 0 Å². The van der Waals surface area contributed by atoms with E-state index in [1.54, 1.807) is 0 Å². The molecular formula is C31H42N4O3. The van der Waals surface area contributed by atoms with Crippen molar-refractivity contribution >= 4 is 11.8 Å². The average Bonchev–Trinajstić information content (AvgIpc) is 3.52. The van der Waals surface area contributed by atoms with Crippen LogP contribution < -0.4 is 5.32 Å². The van der Waals surface area contributed by atoms with Crippen molar-refractivity contribution in [1.82, 2.24) is 20.0 Å². The Labute approximate surface area is 227 Å². The van der Waals surface area contributed by atoms with Gasteiger partial charge in [-0.3, -0.25) is 14.5 Å². The van der Waals surface area contributed by atoms with Gasteiger partial charge in [-0.05, 0) is 69.3 Å². The van der Waals surface area contributed by atoms with Crippen LogP contribution in [0.1, 0.15) is 52.7 Å². The monoisotopic (exact) mass is 518 g/mol. The van der Waals surface area contributed by atoms with Crippen LogP contribution in [-0.4, -0.2) is 90.6 Å². The molecule has 5 rings (SSSR count). The third kappa shape index (κ3) is 6.28. The Bertz CT molecular complexity index is 1090. The van der Waals surface area contributed by atoms with Crippen molar-refractivity contribution in [2.75, 3.05) is 45.9 Å². The summed E-state index contributed by atoms with van der Waals surface area (Å²) in [6.07, 6.45) is 3.94. The van der Waals surface area contributed by atoms with Crippen molar-refractivity contribution in [2.45, 2.75) is 64.3 Å². The summed E-state index contributed by atoms with van der Waals surface area (Å²) in [5, 5.41) is 3.39. The van der Waals surface area contributed by atoms with E-state index in [9.17, 15) is 9.59 Å². The van der Waals surface area contributed by atoms with Gasteiger partial charge in [-0.15, -0.1) is 0 Å². The van der Waals surface area contributed by atoms with Crippen LogP contribution in [0, 0.1) is 13.8 Å². The first-order valence-corrected chi connectivity index (χ1v) is 14.3. The molecule has 204 valence electrons. The normalized spacial score (nSPS) is 24.1. The molecule has 3 unspecified atom stereocenters. The lowest BCUT2D eigenvalue weighted by molar-refractivity contribution is -0.135. The zero-order valence-electron chi connectivity index (χ0n) is 22.9. The molecular weight excluding hydrogens is 476 g/mol. The maximum Gasteiger partial charge on any atom is 0.254 e. The number of carbonyl (C=O) groups is 2. The zero-order chi connectivity index (χ0) is 26.5. The van der Waals surface area contributed by atoms with Crippen LogP contribution in [0.4, 0.5) is 0 Å². The Kier molecular flexibility index (Phi) is 8.77. The minimum Gasteiger partial charge on any atom is -0.377 e. The lowest BCUT2D eigenvalue weighted by Crippen LogP contribution is -2.48. The van der Waals surface area contributed by atoms with Gasteiger partial charge in [0.1, 0.15) is 6.04 Å². The van der Waals surface area contributed by atoms with E-state index in [0.717, 1.165) is 64.2 Å². The summed E-state index contributed by atoms with van der Waals surface area (Å²) in [4.78, 5) is 34.1. The summed E-state index contributed by atoms with van der Waals surface area (Å²) >= 11 is 0. The van der Waals surface area contributed by atoms with Gasteiger partial charge in [-0.2, -0.15) is 0 Å². The highest BCUT2D eigenvalue weighted by molar-refractivity contribution is 5.98. The number of aryl methyl sites for hydroxylation is 2. The van der Waals surface area contributed by atoms with Crippen LogP contribution in [0.2, 0.25) is 0 Å². The summed E-state index contributed by atoms with van der Waals surface area (Å²) in [7, 11) is 0. The first-order chi connectivity index (χ1) is 18.5. The number of ether oxygens (including phenoxy) is 1. The fraction of sp³-hybridized carbons (Fsp3) is 0.548. The van der Waals surface area contributed by atoms with Gasteiger partial charge in [0.2, 0.25) is 5.91 Å². The van der Waals surface area contributed by atoms with Gasteiger partial charge in [0.05, 0.1) is 6.10 Å². The number of rotatable bonds is 7. The van der Waals surface area contributed by atoms with Gasteiger partial charge in [0, 0.05) is 57.5 Å². The van der Waals surface area contributed by atoms with Gasteiger partial charge in [-0.1, -0.05) is 42.0 Å².